The summed E-state index contributed by atoms with van der Waals surface area (Å²) in [5, 5.41) is 3.59. The highest BCUT2D eigenvalue weighted by Gasteiger charge is 2.27. The molecule has 1 unspecified atom stereocenters. The first kappa shape index (κ1) is 9.02. The van der Waals surface area contributed by atoms with Gasteiger partial charge in [-0.1, -0.05) is 30.3 Å². The maximum absolute atomic E-state index is 3.59. The van der Waals surface area contributed by atoms with Crippen LogP contribution in [0.3, 0.4) is 0 Å². The average Bonchev–Trinajstić information content (AvgIpc) is 2.74. The van der Waals surface area contributed by atoms with Crippen LogP contribution < -0.4 is 5.32 Å². The van der Waals surface area contributed by atoms with Crippen LogP contribution in [0.2, 0.25) is 0 Å². The van der Waals surface area contributed by atoms with Crippen LogP contribution in [0.5, 0.6) is 0 Å². The van der Waals surface area contributed by atoms with Crippen molar-refractivity contribution in [2.45, 2.75) is 31.6 Å². The molecule has 1 heteroatoms. The predicted octanol–water partition coefficient (Wildman–Crippen LogP) is 3.20. The van der Waals surface area contributed by atoms with Gasteiger partial charge in [0.05, 0.1) is 0 Å². The third kappa shape index (κ3) is 1.56. The van der Waals surface area contributed by atoms with E-state index in [0.717, 1.165) is 6.54 Å². The fraction of sp³-hybridized carbons (Fsp3) is 0.429. The molecule has 0 aromatic heterocycles. The summed E-state index contributed by atoms with van der Waals surface area (Å²) in [6, 6.07) is 10.9. The Morgan fingerprint density at radius 2 is 1.80 bits per heavy atom. The summed E-state index contributed by atoms with van der Waals surface area (Å²) >= 11 is 0. The van der Waals surface area contributed by atoms with E-state index >= 15 is 0 Å². The molecule has 1 N–H and O–H groups in total. The molecule has 1 aromatic carbocycles. The quantitative estimate of drug-likeness (QED) is 0.732. The molecule has 0 saturated carbocycles. The van der Waals surface area contributed by atoms with Crippen molar-refractivity contribution in [1.82, 2.24) is 5.32 Å². The van der Waals surface area contributed by atoms with Crippen molar-refractivity contribution in [2.24, 2.45) is 0 Å². The zero-order valence-electron chi connectivity index (χ0n) is 9.00. The van der Waals surface area contributed by atoms with E-state index < -0.39 is 0 Å². The first-order valence-electron chi connectivity index (χ1n) is 5.96. The van der Waals surface area contributed by atoms with E-state index in [1.807, 2.05) is 0 Å². The molecule has 3 rings (SSSR count). The molecule has 0 spiro atoms. The number of hydrogen-bond donors (Lipinski definition) is 1. The van der Waals surface area contributed by atoms with E-state index in [9.17, 15) is 0 Å². The van der Waals surface area contributed by atoms with Crippen LogP contribution in [0.1, 0.15) is 37.2 Å². The van der Waals surface area contributed by atoms with Crippen LogP contribution in [0.15, 0.2) is 41.6 Å². The lowest BCUT2D eigenvalue weighted by atomic mass is 9.86. The van der Waals surface area contributed by atoms with Crippen LogP contribution in [0, 0.1) is 0 Å². The van der Waals surface area contributed by atoms with Crippen molar-refractivity contribution in [3.63, 3.8) is 0 Å². The highest BCUT2D eigenvalue weighted by molar-refractivity contribution is 5.36. The van der Waals surface area contributed by atoms with Crippen molar-refractivity contribution in [2.75, 3.05) is 6.54 Å². The first-order valence-corrected chi connectivity index (χ1v) is 5.96. The molecule has 0 saturated heterocycles. The molecule has 1 aromatic rings. The molecule has 1 heterocycles. The molecule has 0 bridgehead atoms. The molecule has 0 radical (unpaired) electrons. The Kier molecular flexibility index (Phi) is 2.24. The number of rotatable bonds is 1. The Bertz CT molecular complexity index is 378. The van der Waals surface area contributed by atoms with Gasteiger partial charge in [-0.3, -0.25) is 0 Å². The van der Waals surface area contributed by atoms with E-state index in [1.165, 1.54) is 31.2 Å². The molecule has 15 heavy (non-hydrogen) atoms. The van der Waals surface area contributed by atoms with Crippen molar-refractivity contribution in [3.05, 3.63) is 47.2 Å². The monoisotopic (exact) mass is 199 g/mol. The minimum Gasteiger partial charge on any atom is -0.387 e. The lowest BCUT2D eigenvalue weighted by molar-refractivity contribution is 0.655. The third-order valence-corrected chi connectivity index (χ3v) is 3.65. The molecular formula is C14H17N. The second-order valence-corrected chi connectivity index (χ2v) is 4.56. The Labute approximate surface area is 91.2 Å². The third-order valence-electron chi connectivity index (χ3n) is 3.65. The van der Waals surface area contributed by atoms with Gasteiger partial charge in [0.2, 0.25) is 0 Å². The summed E-state index contributed by atoms with van der Waals surface area (Å²) < 4.78 is 0. The van der Waals surface area contributed by atoms with Gasteiger partial charge < -0.3 is 5.32 Å². The van der Waals surface area contributed by atoms with E-state index in [2.05, 4.69) is 35.6 Å². The van der Waals surface area contributed by atoms with Gasteiger partial charge in [0.25, 0.3) is 0 Å². The van der Waals surface area contributed by atoms with E-state index in [4.69, 9.17) is 0 Å². The minimum atomic E-state index is 0.654. The van der Waals surface area contributed by atoms with Crippen molar-refractivity contribution in [1.29, 1.82) is 0 Å². The van der Waals surface area contributed by atoms with Gasteiger partial charge in [-0.15, -0.1) is 0 Å². The molecule has 2 aliphatic rings. The van der Waals surface area contributed by atoms with Crippen LogP contribution in [0.4, 0.5) is 0 Å². The average molecular weight is 199 g/mol. The Morgan fingerprint density at radius 3 is 2.67 bits per heavy atom. The summed E-state index contributed by atoms with van der Waals surface area (Å²) in [5.74, 6) is 0.654. The van der Waals surface area contributed by atoms with E-state index in [-0.39, 0.29) is 0 Å². The van der Waals surface area contributed by atoms with Crippen LogP contribution in [-0.4, -0.2) is 6.54 Å². The van der Waals surface area contributed by atoms with E-state index in [0.29, 0.717) is 5.92 Å². The Morgan fingerprint density at radius 1 is 1.00 bits per heavy atom. The molecule has 1 atom stereocenters. The van der Waals surface area contributed by atoms with Crippen LogP contribution in [0.25, 0.3) is 0 Å². The normalized spacial score (nSPS) is 24.9. The fourth-order valence-electron chi connectivity index (χ4n) is 2.87. The van der Waals surface area contributed by atoms with E-state index in [1.54, 1.807) is 11.3 Å². The van der Waals surface area contributed by atoms with Gasteiger partial charge in [0.1, 0.15) is 0 Å². The lowest BCUT2D eigenvalue weighted by Crippen LogP contribution is -2.10. The smallest absolute Gasteiger partial charge is 0.0251 e. The van der Waals surface area contributed by atoms with Gasteiger partial charge in [0, 0.05) is 18.2 Å². The second-order valence-electron chi connectivity index (χ2n) is 4.56. The highest BCUT2D eigenvalue weighted by Crippen LogP contribution is 2.38. The summed E-state index contributed by atoms with van der Waals surface area (Å²) in [4.78, 5) is 0. The van der Waals surface area contributed by atoms with Gasteiger partial charge in [-0.2, -0.15) is 0 Å². The standard InChI is InChI=1S/C14H17N/c1-2-6-11(7-3-1)13-10-15-14-9-5-4-8-12(13)14/h1-3,6-7,13,15H,4-5,8-10H2. The molecule has 1 aliphatic carbocycles. The number of nitrogens with one attached hydrogen (secondary N) is 1. The maximum Gasteiger partial charge on any atom is 0.0251 e. The zero-order chi connectivity index (χ0) is 10.1. The summed E-state index contributed by atoms with van der Waals surface area (Å²) in [6.07, 6.45) is 5.33. The topological polar surface area (TPSA) is 12.0 Å². The SMILES string of the molecule is c1ccc(C2CNC3=C2CCCC3)cc1. The molecular weight excluding hydrogens is 182 g/mol. The molecule has 1 aliphatic heterocycles. The number of benzene rings is 1. The van der Waals surface area contributed by atoms with Gasteiger partial charge >= 0.3 is 0 Å². The van der Waals surface area contributed by atoms with Gasteiger partial charge in [0.15, 0.2) is 0 Å². The number of allylic oxidation sites excluding steroid dienone is 1. The fourth-order valence-corrected chi connectivity index (χ4v) is 2.87. The van der Waals surface area contributed by atoms with Gasteiger partial charge in [-0.05, 0) is 36.8 Å². The van der Waals surface area contributed by atoms with Crippen molar-refractivity contribution in [3.8, 4) is 0 Å². The second kappa shape index (κ2) is 3.73. The maximum atomic E-state index is 3.59. The van der Waals surface area contributed by atoms with Gasteiger partial charge in [-0.25, -0.2) is 0 Å². The first-order chi connectivity index (χ1) is 7.45. The van der Waals surface area contributed by atoms with Crippen LogP contribution in [-0.2, 0) is 0 Å². The number of hydrogen-bond acceptors (Lipinski definition) is 1. The minimum absolute atomic E-state index is 0.654. The predicted molar refractivity (Wildman–Crippen MR) is 62.7 cm³/mol. The molecule has 0 amide bonds. The zero-order valence-corrected chi connectivity index (χ0v) is 9.00. The molecule has 1 nitrogen and oxygen atoms in total. The summed E-state index contributed by atoms with van der Waals surface area (Å²) in [7, 11) is 0. The summed E-state index contributed by atoms with van der Waals surface area (Å²) in [5.41, 5.74) is 4.72. The Balaban J connectivity index is 1.93. The highest BCUT2D eigenvalue weighted by atomic mass is 14.9. The van der Waals surface area contributed by atoms with Crippen molar-refractivity contribution < 1.29 is 0 Å². The van der Waals surface area contributed by atoms with Crippen LogP contribution >= 0.6 is 0 Å². The van der Waals surface area contributed by atoms with Crippen molar-refractivity contribution >= 4 is 0 Å². The Hall–Kier alpha value is -1.24. The largest absolute Gasteiger partial charge is 0.387 e. The lowest BCUT2D eigenvalue weighted by Gasteiger charge is -2.18. The summed E-state index contributed by atoms with van der Waals surface area (Å²) in [6.45, 7) is 1.12. The molecule has 78 valence electrons. The molecule has 0 fully saturated rings.